The zero-order valence-corrected chi connectivity index (χ0v) is 5.92. The Balaban J connectivity index is 0. The van der Waals surface area contributed by atoms with Gasteiger partial charge < -0.3 is 10.2 Å². The molecule has 0 aliphatic rings. The molecule has 0 atom stereocenters. The molecule has 0 unspecified atom stereocenters. The van der Waals surface area contributed by atoms with Gasteiger partial charge in [-0.1, -0.05) is 0 Å². The number of aliphatic carboxylic acids is 2. The molecule has 0 rings (SSSR count). The van der Waals surface area contributed by atoms with Gasteiger partial charge in [-0.2, -0.15) is 0 Å². The molecule has 0 aliphatic carbocycles. The summed E-state index contributed by atoms with van der Waals surface area (Å²) in [6, 6.07) is 0. The number of hydrogen-bond donors (Lipinski definition) is 2. The Morgan fingerprint density at radius 3 is 1.73 bits per heavy atom. The molecule has 0 heterocycles. The fraction of sp³-hybridized carbons (Fsp3) is 0.667. The van der Waals surface area contributed by atoms with Gasteiger partial charge in [0.1, 0.15) is 0 Å². The van der Waals surface area contributed by atoms with E-state index in [2.05, 4.69) is 0 Å². The van der Waals surface area contributed by atoms with Gasteiger partial charge in [0, 0.05) is 0 Å². The Hall–Kier alpha value is -0.0600. The fourth-order valence-electron chi connectivity index (χ4n) is 0.454. The Bertz CT molecular complexity index is 164. The van der Waals surface area contributed by atoms with Crippen molar-refractivity contribution in [2.24, 2.45) is 5.41 Å². The van der Waals surface area contributed by atoms with Crippen molar-refractivity contribution in [1.29, 1.82) is 0 Å². The topological polar surface area (TPSA) is 74.6 Å². The van der Waals surface area contributed by atoms with Crippen LogP contribution < -0.4 is 0 Å². The van der Waals surface area contributed by atoms with E-state index in [9.17, 15) is 9.59 Å². The molecular weight excluding hydrogens is 159 g/mol. The second-order valence-electron chi connectivity index (χ2n) is 2.76. The first-order chi connectivity index (χ1) is 4.36. The van der Waals surface area contributed by atoms with Crippen LogP contribution in [0, 0.1) is 5.41 Å². The summed E-state index contributed by atoms with van der Waals surface area (Å²) in [6.07, 6.45) is -0.345. The van der Waals surface area contributed by atoms with Crippen molar-refractivity contribution < 1.29 is 19.8 Å². The van der Waals surface area contributed by atoms with Gasteiger partial charge in [-0.15, -0.1) is 0 Å². The third kappa shape index (κ3) is 5.24. The number of carbonyl (C=O) groups is 2. The monoisotopic (exact) mass is 170 g/mol. The minimum atomic E-state index is -1.16. The van der Waals surface area contributed by atoms with Crippen LogP contribution in [0.25, 0.3) is 0 Å². The van der Waals surface area contributed by atoms with E-state index >= 15 is 0 Å². The zero-order chi connectivity index (χ0) is 8.36. The molecule has 0 radical (unpaired) electrons. The van der Waals surface area contributed by atoms with Gasteiger partial charge in [0.2, 0.25) is 0 Å². The van der Waals surface area contributed by atoms with Crippen molar-refractivity contribution in [3.63, 3.8) is 0 Å². The van der Waals surface area contributed by atoms with E-state index in [0.29, 0.717) is 0 Å². The van der Waals surface area contributed by atoms with Crippen LogP contribution in [0.2, 0.25) is 0 Å². The van der Waals surface area contributed by atoms with Crippen LogP contribution in [0.5, 0.6) is 0 Å². The molecule has 0 aromatic rings. The number of carboxylic acids is 2. The quantitative estimate of drug-likeness (QED) is 0.581. The maximum atomic E-state index is 10.3. The van der Waals surface area contributed by atoms with Crippen molar-refractivity contribution >= 4 is 41.5 Å². The van der Waals surface area contributed by atoms with Gasteiger partial charge >= 0.3 is 41.5 Å². The van der Waals surface area contributed by atoms with Crippen LogP contribution in [0.1, 0.15) is 20.3 Å². The van der Waals surface area contributed by atoms with Crippen LogP contribution in [-0.2, 0) is 9.59 Å². The Labute approximate surface area is 86.9 Å². The van der Waals surface area contributed by atoms with Gasteiger partial charge in [0.25, 0.3) is 0 Å². The van der Waals surface area contributed by atoms with Crippen molar-refractivity contribution in [3.8, 4) is 0 Å². The Kier molecular flexibility index (Phi) is 5.83. The van der Waals surface area contributed by atoms with E-state index in [0.717, 1.165) is 0 Å². The fourth-order valence-corrected chi connectivity index (χ4v) is 0.454. The summed E-state index contributed by atoms with van der Waals surface area (Å²) in [5.41, 5.74) is -1.16. The summed E-state index contributed by atoms with van der Waals surface area (Å²) in [6.45, 7) is 2.76. The molecule has 0 aromatic heterocycles. The van der Waals surface area contributed by atoms with Crippen molar-refractivity contribution in [3.05, 3.63) is 0 Å². The standard InChI is InChI=1S/C6H10O4.Na.H/c1-6(2,5(9)10)3-4(7)8;;/h3H2,1-2H3,(H,7,8)(H,9,10);;. The molecule has 0 saturated heterocycles. The summed E-state index contributed by atoms with van der Waals surface area (Å²) in [7, 11) is 0. The summed E-state index contributed by atoms with van der Waals surface area (Å²) < 4.78 is 0. The molecule has 0 spiro atoms. The van der Waals surface area contributed by atoms with Crippen molar-refractivity contribution in [2.45, 2.75) is 20.3 Å². The third-order valence-corrected chi connectivity index (χ3v) is 1.17. The summed E-state index contributed by atoms with van der Waals surface area (Å²) in [5.74, 6) is -2.18. The van der Waals surface area contributed by atoms with Gasteiger partial charge in [0.05, 0.1) is 11.8 Å². The van der Waals surface area contributed by atoms with E-state index in [1.54, 1.807) is 0 Å². The maximum absolute atomic E-state index is 10.3. The molecule has 0 amide bonds. The average molecular weight is 170 g/mol. The van der Waals surface area contributed by atoms with Gasteiger partial charge in [-0.05, 0) is 13.8 Å². The predicted molar refractivity (Wildman–Crippen MR) is 40.8 cm³/mol. The molecule has 60 valence electrons. The zero-order valence-electron chi connectivity index (χ0n) is 5.92. The number of hydrogen-bond acceptors (Lipinski definition) is 2. The van der Waals surface area contributed by atoms with Crippen molar-refractivity contribution in [1.82, 2.24) is 0 Å². The van der Waals surface area contributed by atoms with E-state index in [-0.39, 0.29) is 36.0 Å². The minimum absolute atomic E-state index is 0. The molecule has 11 heavy (non-hydrogen) atoms. The Morgan fingerprint density at radius 2 is 1.64 bits per heavy atom. The normalized spacial score (nSPS) is 10.0. The molecule has 2 N–H and O–H groups in total. The number of rotatable bonds is 3. The summed E-state index contributed by atoms with van der Waals surface area (Å²) in [4.78, 5) is 20.3. The second-order valence-corrected chi connectivity index (χ2v) is 2.76. The first-order valence-corrected chi connectivity index (χ1v) is 2.81. The molecule has 0 saturated carbocycles. The average Bonchev–Trinajstić information content (AvgIpc) is 1.60. The second kappa shape index (κ2) is 4.74. The van der Waals surface area contributed by atoms with E-state index < -0.39 is 17.4 Å². The van der Waals surface area contributed by atoms with E-state index in [1.807, 2.05) is 0 Å². The van der Waals surface area contributed by atoms with Crippen LogP contribution >= 0.6 is 0 Å². The molecule has 0 bridgehead atoms. The predicted octanol–water partition coefficient (Wildman–Crippen LogP) is -0.0766. The Morgan fingerprint density at radius 1 is 1.27 bits per heavy atom. The van der Waals surface area contributed by atoms with E-state index in [4.69, 9.17) is 10.2 Å². The van der Waals surface area contributed by atoms with Crippen LogP contribution in [-0.4, -0.2) is 51.7 Å². The molecule has 0 aromatic carbocycles. The third-order valence-electron chi connectivity index (χ3n) is 1.17. The van der Waals surface area contributed by atoms with Crippen LogP contribution in [0.15, 0.2) is 0 Å². The van der Waals surface area contributed by atoms with Gasteiger partial charge in [0.15, 0.2) is 0 Å². The van der Waals surface area contributed by atoms with Gasteiger partial charge in [-0.3, -0.25) is 9.59 Å². The molecule has 0 aliphatic heterocycles. The SMILES string of the molecule is CC(C)(CC(=O)O)C(=O)O.[NaH]. The van der Waals surface area contributed by atoms with E-state index in [1.165, 1.54) is 13.8 Å². The molecule has 4 nitrogen and oxygen atoms in total. The number of carboxylic acid groups (broad SMARTS) is 2. The molecule has 5 heteroatoms. The summed E-state index contributed by atoms with van der Waals surface area (Å²) >= 11 is 0. The summed E-state index contributed by atoms with van der Waals surface area (Å²) in [5, 5.41) is 16.7. The first-order valence-electron chi connectivity index (χ1n) is 2.81. The van der Waals surface area contributed by atoms with Gasteiger partial charge in [-0.25, -0.2) is 0 Å². The van der Waals surface area contributed by atoms with Crippen molar-refractivity contribution in [2.75, 3.05) is 0 Å². The van der Waals surface area contributed by atoms with Crippen LogP contribution in [0.3, 0.4) is 0 Å². The molecule has 0 fully saturated rings. The first kappa shape index (κ1) is 13.5. The molecular formula is C6H11NaO4. The van der Waals surface area contributed by atoms with Crippen LogP contribution in [0.4, 0.5) is 0 Å².